The topological polar surface area (TPSA) is 38.0 Å². The van der Waals surface area contributed by atoms with Gasteiger partial charge in [-0.25, -0.2) is 0 Å². The quantitative estimate of drug-likeness (QED) is 0.772. The van der Waals surface area contributed by atoms with Crippen LogP contribution in [0.15, 0.2) is 11.4 Å². The van der Waals surface area contributed by atoms with Gasteiger partial charge in [0.05, 0.1) is 0 Å². The lowest BCUT2D eigenvalue weighted by Crippen LogP contribution is -2.29. The highest BCUT2D eigenvalue weighted by Gasteiger charge is 2.19. The summed E-state index contributed by atoms with van der Waals surface area (Å²) in [5.41, 5.74) is 7.00. The average Bonchev–Trinajstić information content (AvgIpc) is 2.62. The minimum Gasteiger partial charge on any atom is -0.329 e. The minimum atomic E-state index is 0.568. The van der Waals surface area contributed by atoms with Crippen LogP contribution in [0.5, 0.6) is 0 Å². The molecule has 1 aliphatic rings. The fourth-order valence-corrected chi connectivity index (χ4v) is 2.94. The molecular formula is C10H16N2S. The van der Waals surface area contributed by atoms with Gasteiger partial charge in [0.1, 0.15) is 0 Å². The molecule has 0 fully saturated rings. The molecule has 0 saturated carbocycles. The summed E-state index contributed by atoms with van der Waals surface area (Å²) in [6.45, 7) is 1.66. The third-order valence-electron chi connectivity index (χ3n) is 2.59. The smallest absolute Gasteiger partial charge is 0.0331 e. The average molecular weight is 196 g/mol. The number of thiophene rings is 1. The van der Waals surface area contributed by atoms with Gasteiger partial charge in [0.25, 0.3) is 0 Å². The summed E-state index contributed by atoms with van der Waals surface area (Å²) in [7, 11) is 0. The molecule has 1 heterocycles. The Morgan fingerprint density at radius 1 is 1.62 bits per heavy atom. The normalized spacial score (nSPS) is 21.5. The largest absolute Gasteiger partial charge is 0.329 e. The molecule has 2 rings (SSSR count). The predicted octanol–water partition coefficient (Wildman–Crippen LogP) is 1.67. The van der Waals surface area contributed by atoms with Crippen LogP contribution >= 0.6 is 11.3 Å². The maximum atomic E-state index is 5.48. The Morgan fingerprint density at radius 2 is 2.54 bits per heavy atom. The summed E-state index contributed by atoms with van der Waals surface area (Å²) in [4.78, 5) is 1.57. The monoisotopic (exact) mass is 196 g/mol. The number of nitrogens with one attached hydrogen (secondary N) is 1. The molecule has 0 aliphatic heterocycles. The second kappa shape index (κ2) is 4.22. The highest BCUT2D eigenvalue weighted by atomic mass is 32.1. The van der Waals surface area contributed by atoms with Gasteiger partial charge in [-0.3, -0.25) is 0 Å². The third kappa shape index (κ3) is 1.93. The van der Waals surface area contributed by atoms with E-state index in [-0.39, 0.29) is 0 Å². The summed E-state index contributed by atoms with van der Waals surface area (Å²) in [5.74, 6) is 0. The van der Waals surface area contributed by atoms with Crippen LogP contribution in [-0.4, -0.2) is 13.1 Å². The Labute approximate surface area is 83.1 Å². The molecule has 0 aromatic carbocycles. The molecule has 2 nitrogen and oxygen atoms in total. The molecule has 13 heavy (non-hydrogen) atoms. The van der Waals surface area contributed by atoms with E-state index in [0.717, 1.165) is 13.1 Å². The number of nitrogens with two attached hydrogens (primary N) is 1. The van der Waals surface area contributed by atoms with Gasteiger partial charge in [0.15, 0.2) is 0 Å². The second-order valence-electron chi connectivity index (χ2n) is 3.49. The van der Waals surface area contributed by atoms with E-state index in [1.54, 1.807) is 4.88 Å². The highest BCUT2D eigenvalue weighted by molar-refractivity contribution is 7.10. The number of hydrogen-bond acceptors (Lipinski definition) is 3. The molecule has 1 aromatic heterocycles. The molecule has 1 aliphatic carbocycles. The Kier molecular flexibility index (Phi) is 2.98. The first kappa shape index (κ1) is 9.19. The fourth-order valence-electron chi connectivity index (χ4n) is 1.96. The first-order valence-electron chi connectivity index (χ1n) is 4.91. The zero-order valence-electron chi connectivity index (χ0n) is 7.75. The lowest BCUT2D eigenvalue weighted by Gasteiger charge is -2.23. The van der Waals surface area contributed by atoms with Crippen molar-refractivity contribution < 1.29 is 0 Å². The first-order chi connectivity index (χ1) is 6.42. The van der Waals surface area contributed by atoms with Crippen molar-refractivity contribution in [2.75, 3.05) is 13.1 Å². The van der Waals surface area contributed by atoms with Crippen LogP contribution in [0.3, 0.4) is 0 Å². The number of aryl methyl sites for hydroxylation is 1. The molecule has 0 saturated heterocycles. The lowest BCUT2D eigenvalue weighted by molar-refractivity contribution is 0.470. The van der Waals surface area contributed by atoms with Crippen LogP contribution < -0.4 is 11.1 Å². The molecule has 0 amide bonds. The van der Waals surface area contributed by atoms with Crippen LogP contribution in [0.25, 0.3) is 0 Å². The third-order valence-corrected chi connectivity index (χ3v) is 3.58. The SMILES string of the molecule is NCCNC1CCCc2sccc21. The molecule has 72 valence electrons. The molecule has 1 aromatic rings. The molecule has 1 atom stereocenters. The van der Waals surface area contributed by atoms with E-state index in [1.807, 2.05) is 11.3 Å². The lowest BCUT2D eigenvalue weighted by atomic mass is 9.94. The van der Waals surface area contributed by atoms with E-state index in [2.05, 4.69) is 16.8 Å². The highest BCUT2D eigenvalue weighted by Crippen LogP contribution is 2.32. The van der Waals surface area contributed by atoms with Crippen LogP contribution in [0.4, 0.5) is 0 Å². The van der Waals surface area contributed by atoms with Gasteiger partial charge in [0, 0.05) is 24.0 Å². The standard InChI is InChI=1S/C10H16N2S/c11-5-6-12-9-2-1-3-10-8(9)4-7-13-10/h4,7,9,12H,1-3,5-6,11H2. The summed E-state index contributed by atoms with van der Waals surface area (Å²) in [6, 6.07) is 2.83. The van der Waals surface area contributed by atoms with Gasteiger partial charge in [-0.15, -0.1) is 11.3 Å². The Balaban J connectivity index is 2.07. The van der Waals surface area contributed by atoms with Crippen molar-refractivity contribution in [2.45, 2.75) is 25.3 Å². The fraction of sp³-hybridized carbons (Fsp3) is 0.600. The van der Waals surface area contributed by atoms with Gasteiger partial charge in [0.2, 0.25) is 0 Å². The summed E-state index contributed by atoms with van der Waals surface area (Å²) in [6.07, 6.45) is 3.85. The first-order valence-corrected chi connectivity index (χ1v) is 5.79. The minimum absolute atomic E-state index is 0.568. The van der Waals surface area contributed by atoms with Crippen molar-refractivity contribution in [3.63, 3.8) is 0 Å². The van der Waals surface area contributed by atoms with Gasteiger partial charge in [-0.05, 0) is 36.3 Å². The van der Waals surface area contributed by atoms with Gasteiger partial charge in [-0.1, -0.05) is 0 Å². The van der Waals surface area contributed by atoms with Gasteiger partial charge in [-0.2, -0.15) is 0 Å². The molecule has 3 N–H and O–H groups in total. The number of rotatable bonds is 3. The van der Waals surface area contributed by atoms with Crippen LogP contribution in [-0.2, 0) is 6.42 Å². The van der Waals surface area contributed by atoms with Crippen molar-refractivity contribution in [1.29, 1.82) is 0 Å². The maximum Gasteiger partial charge on any atom is 0.0331 e. The van der Waals surface area contributed by atoms with Crippen molar-refractivity contribution in [3.05, 3.63) is 21.9 Å². The van der Waals surface area contributed by atoms with Crippen molar-refractivity contribution in [3.8, 4) is 0 Å². The predicted molar refractivity (Wildman–Crippen MR) is 57.1 cm³/mol. The zero-order valence-corrected chi connectivity index (χ0v) is 8.57. The van der Waals surface area contributed by atoms with E-state index in [9.17, 15) is 0 Å². The van der Waals surface area contributed by atoms with Gasteiger partial charge < -0.3 is 11.1 Å². The summed E-state index contributed by atoms with van der Waals surface area (Å²) < 4.78 is 0. The van der Waals surface area contributed by atoms with E-state index >= 15 is 0 Å². The maximum absolute atomic E-state index is 5.48. The summed E-state index contributed by atoms with van der Waals surface area (Å²) >= 11 is 1.89. The molecule has 0 radical (unpaired) electrons. The van der Waals surface area contributed by atoms with E-state index in [1.165, 1.54) is 24.8 Å². The molecule has 0 bridgehead atoms. The van der Waals surface area contributed by atoms with Crippen LogP contribution in [0, 0.1) is 0 Å². The Hall–Kier alpha value is -0.380. The molecule has 1 unspecified atom stereocenters. The van der Waals surface area contributed by atoms with E-state index in [0.29, 0.717) is 6.04 Å². The van der Waals surface area contributed by atoms with Crippen LogP contribution in [0.2, 0.25) is 0 Å². The van der Waals surface area contributed by atoms with Crippen molar-refractivity contribution in [2.24, 2.45) is 5.73 Å². The Bertz CT molecular complexity index is 270. The zero-order chi connectivity index (χ0) is 9.10. The second-order valence-corrected chi connectivity index (χ2v) is 4.49. The van der Waals surface area contributed by atoms with Crippen LogP contribution in [0.1, 0.15) is 29.3 Å². The van der Waals surface area contributed by atoms with Crippen molar-refractivity contribution in [1.82, 2.24) is 5.32 Å². The van der Waals surface area contributed by atoms with Crippen molar-refractivity contribution >= 4 is 11.3 Å². The Morgan fingerprint density at radius 3 is 3.38 bits per heavy atom. The number of fused-ring (bicyclic) bond motifs is 1. The molecular weight excluding hydrogens is 180 g/mol. The summed E-state index contributed by atoms with van der Waals surface area (Å²) in [5, 5.41) is 5.70. The molecule has 0 spiro atoms. The van der Waals surface area contributed by atoms with E-state index < -0.39 is 0 Å². The van der Waals surface area contributed by atoms with E-state index in [4.69, 9.17) is 5.73 Å². The van der Waals surface area contributed by atoms with Gasteiger partial charge >= 0.3 is 0 Å². The number of hydrogen-bond donors (Lipinski definition) is 2. The molecule has 3 heteroatoms.